The molecule has 0 saturated carbocycles. The van der Waals surface area contributed by atoms with Crippen LogP contribution in [-0.4, -0.2) is 41.6 Å². The molecule has 0 radical (unpaired) electrons. The van der Waals surface area contributed by atoms with Gasteiger partial charge in [-0.2, -0.15) is 0 Å². The number of ether oxygens (including phenoxy) is 1. The van der Waals surface area contributed by atoms with E-state index >= 15 is 0 Å². The number of aromatic nitrogens is 1. The molecule has 1 atom stereocenters. The Kier molecular flexibility index (Phi) is 4.88. The molecule has 0 unspecified atom stereocenters. The second kappa shape index (κ2) is 6.50. The first kappa shape index (κ1) is 16.5. The van der Waals surface area contributed by atoms with Crippen LogP contribution < -0.4 is 0 Å². The maximum absolute atomic E-state index is 12.4. The minimum absolute atomic E-state index is 0.0277. The van der Waals surface area contributed by atoms with Crippen molar-refractivity contribution in [1.29, 1.82) is 0 Å². The van der Waals surface area contributed by atoms with Gasteiger partial charge in [-0.3, -0.25) is 9.59 Å². The summed E-state index contributed by atoms with van der Waals surface area (Å²) in [5, 5.41) is 3.85. The molecule has 1 saturated heterocycles. The predicted molar refractivity (Wildman–Crippen MR) is 80.0 cm³/mol. The fourth-order valence-corrected chi connectivity index (χ4v) is 2.96. The van der Waals surface area contributed by atoms with Crippen molar-refractivity contribution in [1.82, 2.24) is 10.1 Å². The third kappa shape index (κ3) is 3.15. The molecule has 0 aromatic carbocycles. The minimum atomic E-state index is -0.592. The summed E-state index contributed by atoms with van der Waals surface area (Å²) >= 11 is 0. The zero-order valence-electron chi connectivity index (χ0n) is 13.7. The Morgan fingerprint density at radius 2 is 2.23 bits per heavy atom. The van der Waals surface area contributed by atoms with Gasteiger partial charge in [0.2, 0.25) is 5.91 Å². The van der Waals surface area contributed by atoms with Crippen molar-refractivity contribution in [3.63, 3.8) is 0 Å². The molecule has 1 aromatic heterocycles. The van der Waals surface area contributed by atoms with Gasteiger partial charge >= 0.3 is 5.97 Å². The Bertz CT molecular complexity index is 552. The lowest BCUT2D eigenvalue weighted by molar-refractivity contribution is -0.157. The molecule has 2 rings (SSSR count). The first-order valence-electron chi connectivity index (χ1n) is 7.76. The Hall–Kier alpha value is -1.85. The third-order valence-corrected chi connectivity index (χ3v) is 4.45. The number of hydrogen-bond donors (Lipinski definition) is 0. The Balaban J connectivity index is 2.06. The fourth-order valence-electron chi connectivity index (χ4n) is 2.96. The van der Waals surface area contributed by atoms with E-state index in [1.807, 2.05) is 13.8 Å². The topological polar surface area (TPSA) is 72.6 Å². The van der Waals surface area contributed by atoms with Crippen LogP contribution in [0.1, 0.15) is 38.6 Å². The third-order valence-electron chi connectivity index (χ3n) is 4.45. The van der Waals surface area contributed by atoms with Crippen LogP contribution >= 0.6 is 0 Å². The van der Waals surface area contributed by atoms with Crippen molar-refractivity contribution in [2.45, 2.75) is 40.5 Å². The number of carbonyl (C=O) groups excluding carboxylic acids is 2. The molecule has 22 heavy (non-hydrogen) atoms. The molecule has 122 valence electrons. The maximum Gasteiger partial charge on any atom is 0.314 e. The molecule has 6 heteroatoms. The summed E-state index contributed by atoms with van der Waals surface area (Å²) in [6.45, 7) is 8.96. The van der Waals surface area contributed by atoms with Crippen LogP contribution in [-0.2, 0) is 20.7 Å². The van der Waals surface area contributed by atoms with Crippen LogP contribution in [0.15, 0.2) is 10.6 Å². The van der Waals surface area contributed by atoms with Gasteiger partial charge in [0.05, 0.1) is 24.1 Å². The van der Waals surface area contributed by atoms with Gasteiger partial charge < -0.3 is 14.2 Å². The molecule has 1 aliphatic rings. The highest BCUT2D eigenvalue weighted by Crippen LogP contribution is 2.39. The highest BCUT2D eigenvalue weighted by molar-refractivity contribution is 5.82. The number of amides is 1. The van der Waals surface area contributed by atoms with Crippen molar-refractivity contribution in [2.24, 2.45) is 11.3 Å². The molecule has 2 heterocycles. The van der Waals surface area contributed by atoms with E-state index < -0.39 is 5.41 Å². The van der Waals surface area contributed by atoms with E-state index in [0.717, 1.165) is 0 Å². The average molecular weight is 308 g/mol. The number of aryl methyl sites for hydroxylation is 1. The monoisotopic (exact) mass is 308 g/mol. The van der Waals surface area contributed by atoms with Crippen LogP contribution in [0.3, 0.4) is 0 Å². The molecule has 1 aliphatic heterocycles. The summed E-state index contributed by atoms with van der Waals surface area (Å²) in [4.78, 5) is 26.5. The van der Waals surface area contributed by atoms with Gasteiger partial charge in [-0.1, -0.05) is 19.0 Å². The zero-order valence-corrected chi connectivity index (χ0v) is 13.7. The summed E-state index contributed by atoms with van der Waals surface area (Å²) in [6.07, 6.45) is 0.849. The summed E-state index contributed by atoms with van der Waals surface area (Å²) < 4.78 is 10.2. The Morgan fingerprint density at radius 1 is 1.50 bits per heavy atom. The quantitative estimate of drug-likeness (QED) is 0.778. The predicted octanol–water partition coefficient (Wildman–Crippen LogP) is 1.96. The summed E-state index contributed by atoms with van der Waals surface area (Å²) in [5.41, 5.74) is 0.0338. The Labute approximate surface area is 130 Å². The maximum atomic E-state index is 12.4. The second-order valence-corrected chi connectivity index (χ2v) is 6.20. The highest BCUT2D eigenvalue weighted by atomic mass is 16.5. The molecule has 0 aliphatic carbocycles. The second-order valence-electron chi connectivity index (χ2n) is 6.20. The number of hydrogen-bond acceptors (Lipinski definition) is 5. The van der Waals surface area contributed by atoms with E-state index in [1.165, 1.54) is 0 Å². The van der Waals surface area contributed by atoms with Crippen molar-refractivity contribution < 1.29 is 18.8 Å². The standard InChI is InChI=1S/C16H24N2O4/c1-5-21-15(20)16(11(2)3)6-7-18(10-16)14(19)9-13-8-12(4)22-17-13/h8,11H,5-7,9-10H2,1-4H3/t16-/m1/s1. The van der Waals surface area contributed by atoms with Gasteiger partial charge in [0.15, 0.2) is 0 Å². The van der Waals surface area contributed by atoms with E-state index in [1.54, 1.807) is 24.8 Å². The normalized spacial score (nSPS) is 21.4. The lowest BCUT2D eigenvalue weighted by atomic mass is 9.76. The largest absolute Gasteiger partial charge is 0.466 e. The molecular weight excluding hydrogens is 284 g/mol. The minimum Gasteiger partial charge on any atom is -0.466 e. The lowest BCUT2D eigenvalue weighted by Crippen LogP contribution is -2.42. The molecular formula is C16H24N2O4. The molecule has 6 nitrogen and oxygen atoms in total. The number of esters is 1. The molecule has 0 spiro atoms. The molecule has 0 N–H and O–H groups in total. The van der Waals surface area contributed by atoms with Crippen LogP contribution in [0.2, 0.25) is 0 Å². The summed E-state index contributed by atoms with van der Waals surface area (Å²) in [6, 6.07) is 1.76. The van der Waals surface area contributed by atoms with Crippen molar-refractivity contribution in [2.75, 3.05) is 19.7 Å². The van der Waals surface area contributed by atoms with Gasteiger partial charge in [-0.15, -0.1) is 0 Å². The fraction of sp³-hybridized carbons (Fsp3) is 0.688. The highest BCUT2D eigenvalue weighted by Gasteiger charge is 2.49. The van der Waals surface area contributed by atoms with Crippen LogP contribution in [0.25, 0.3) is 0 Å². The SMILES string of the molecule is CCOC(=O)[C@]1(C(C)C)CCN(C(=O)Cc2cc(C)on2)C1. The van der Waals surface area contributed by atoms with Crippen LogP contribution in [0, 0.1) is 18.3 Å². The number of nitrogens with zero attached hydrogens (tertiary/aromatic N) is 2. The summed E-state index contributed by atoms with van der Waals surface area (Å²) in [5.74, 6) is 0.587. The van der Waals surface area contributed by atoms with Crippen molar-refractivity contribution >= 4 is 11.9 Å². The molecule has 1 amide bonds. The lowest BCUT2D eigenvalue weighted by Gasteiger charge is -2.30. The molecule has 0 bridgehead atoms. The van der Waals surface area contributed by atoms with E-state index in [4.69, 9.17) is 9.26 Å². The zero-order chi connectivity index (χ0) is 16.3. The Morgan fingerprint density at radius 3 is 2.77 bits per heavy atom. The van der Waals surface area contributed by atoms with E-state index in [9.17, 15) is 9.59 Å². The number of carbonyl (C=O) groups is 2. The van der Waals surface area contributed by atoms with Gasteiger partial charge in [0.1, 0.15) is 5.76 Å². The molecule has 1 fully saturated rings. The van der Waals surface area contributed by atoms with Gasteiger partial charge in [-0.25, -0.2) is 0 Å². The smallest absolute Gasteiger partial charge is 0.314 e. The first-order valence-corrected chi connectivity index (χ1v) is 7.76. The van der Waals surface area contributed by atoms with E-state index in [0.29, 0.717) is 37.6 Å². The number of likely N-dealkylation sites (tertiary alicyclic amines) is 1. The molecule has 1 aromatic rings. The van der Waals surface area contributed by atoms with Crippen molar-refractivity contribution in [3.8, 4) is 0 Å². The van der Waals surface area contributed by atoms with Crippen molar-refractivity contribution in [3.05, 3.63) is 17.5 Å². The van der Waals surface area contributed by atoms with Gasteiger partial charge in [0, 0.05) is 19.2 Å². The summed E-state index contributed by atoms with van der Waals surface area (Å²) in [7, 11) is 0. The average Bonchev–Trinajstić information content (AvgIpc) is 3.06. The van der Waals surface area contributed by atoms with Gasteiger partial charge in [-0.05, 0) is 26.2 Å². The van der Waals surface area contributed by atoms with Gasteiger partial charge in [0.25, 0.3) is 0 Å². The van der Waals surface area contributed by atoms with Crippen LogP contribution in [0.5, 0.6) is 0 Å². The van der Waals surface area contributed by atoms with E-state index in [-0.39, 0.29) is 24.2 Å². The number of rotatable bonds is 5. The van der Waals surface area contributed by atoms with E-state index in [2.05, 4.69) is 5.16 Å². The van der Waals surface area contributed by atoms with Crippen LogP contribution in [0.4, 0.5) is 0 Å². The first-order chi connectivity index (χ1) is 10.4.